The summed E-state index contributed by atoms with van der Waals surface area (Å²) in [6.07, 6.45) is 4.08. The van der Waals surface area contributed by atoms with Gasteiger partial charge in [0.15, 0.2) is 0 Å². The molecular weight excluding hydrogens is 661 g/mol. The molecule has 46 heavy (non-hydrogen) atoms. The lowest BCUT2D eigenvalue weighted by Crippen LogP contribution is -2.25. The van der Waals surface area contributed by atoms with Crippen LogP contribution in [-0.2, 0) is 42.7 Å². The zero-order chi connectivity index (χ0) is 34.1. The van der Waals surface area contributed by atoms with Crippen molar-refractivity contribution in [1.29, 1.82) is 0 Å². The molecule has 0 saturated carbocycles. The van der Waals surface area contributed by atoms with Crippen molar-refractivity contribution < 1.29 is 37.5 Å². The highest BCUT2D eigenvalue weighted by molar-refractivity contribution is 7.84. The van der Waals surface area contributed by atoms with Gasteiger partial charge in [-0.1, -0.05) is 35.3 Å². The Morgan fingerprint density at radius 3 is 2.20 bits per heavy atom. The average molecular weight is 692 g/mol. The molecule has 1 atom stereocenters. The largest absolute Gasteiger partial charge is 0.478 e. The van der Waals surface area contributed by atoms with Gasteiger partial charge in [-0.25, -0.2) is 23.4 Å². The SMILES string of the molecule is CS(=O)c1cc(-c2ccc(-n3cc(C(C)(C)O)nc3C(C)(C)c3c(Cl)cccc3Cl)c(F)c2)cc(F)c1COC(=O)/C=C/C(=O)O. The van der Waals surface area contributed by atoms with E-state index in [1.165, 1.54) is 35.2 Å². The van der Waals surface area contributed by atoms with Crippen LogP contribution in [0.4, 0.5) is 8.78 Å². The number of carboxylic acid groups (broad SMARTS) is 1. The fraction of sp³-hybridized carbons (Fsp3) is 0.242. The number of carbonyl (C=O) groups is 2. The Balaban J connectivity index is 1.78. The van der Waals surface area contributed by atoms with Crippen LogP contribution in [0.15, 0.2) is 71.8 Å². The Labute approximate surface area is 276 Å². The number of ether oxygens (including phenoxy) is 1. The standard InChI is InChI=1S/C33H30Cl2F2N2O6S/c1-32(2,30-21(34)7-6-8-22(30)35)31-38-27(33(3,4)43)16-39(31)25-10-9-18(13-24(25)37)19-14-23(36)20(26(15-19)46(5)44)17-45-29(42)12-11-28(40)41/h6-16,43H,17H2,1-5H3,(H,40,41)/b12-11+. The topological polar surface area (TPSA) is 119 Å². The lowest BCUT2D eigenvalue weighted by Gasteiger charge is -2.28. The first-order chi connectivity index (χ1) is 21.4. The van der Waals surface area contributed by atoms with Crippen molar-refractivity contribution >= 4 is 45.9 Å². The van der Waals surface area contributed by atoms with E-state index in [-0.39, 0.29) is 33.0 Å². The molecule has 4 aromatic rings. The van der Waals surface area contributed by atoms with Gasteiger partial charge < -0.3 is 14.9 Å². The molecule has 0 bridgehead atoms. The number of hydrogen-bond acceptors (Lipinski definition) is 6. The summed E-state index contributed by atoms with van der Waals surface area (Å²) >= 11 is 13.1. The number of aliphatic hydroxyl groups is 1. The van der Waals surface area contributed by atoms with Gasteiger partial charge in [-0.3, -0.25) is 8.78 Å². The van der Waals surface area contributed by atoms with Crippen LogP contribution in [0.3, 0.4) is 0 Å². The van der Waals surface area contributed by atoms with Gasteiger partial charge in [0, 0.05) is 50.7 Å². The zero-order valence-corrected chi connectivity index (χ0v) is 27.7. The van der Waals surface area contributed by atoms with Crippen LogP contribution in [0.1, 0.15) is 50.3 Å². The Kier molecular flexibility index (Phi) is 10.2. The highest BCUT2D eigenvalue weighted by atomic mass is 35.5. The van der Waals surface area contributed by atoms with Crippen LogP contribution >= 0.6 is 23.2 Å². The van der Waals surface area contributed by atoms with E-state index in [4.69, 9.17) is 33.0 Å². The summed E-state index contributed by atoms with van der Waals surface area (Å²) in [6, 6.07) is 11.8. The number of nitrogens with zero attached hydrogens (tertiary/aromatic N) is 2. The number of hydrogen-bond donors (Lipinski definition) is 2. The van der Waals surface area contributed by atoms with Crippen molar-refractivity contribution in [1.82, 2.24) is 9.55 Å². The van der Waals surface area contributed by atoms with Crippen LogP contribution in [0.5, 0.6) is 0 Å². The lowest BCUT2D eigenvalue weighted by molar-refractivity contribution is -0.140. The number of halogens is 4. The number of carboxylic acids is 1. The molecule has 0 aliphatic rings. The maximum absolute atomic E-state index is 16.0. The Hall–Kier alpha value is -3.90. The van der Waals surface area contributed by atoms with Crippen molar-refractivity contribution in [2.24, 2.45) is 0 Å². The van der Waals surface area contributed by atoms with E-state index in [0.717, 1.165) is 6.07 Å². The quantitative estimate of drug-likeness (QED) is 0.135. The molecule has 1 unspecified atom stereocenters. The molecule has 1 aromatic heterocycles. The molecule has 3 aromatic carbocycles. The van der Waals surface area contributed by atoms with E-state index in [2.05, 4.69) is 4.98 Å². The van der Waals surface area contributed by atoms with E-state index < -0.39 is 52.0 Å². The fourth-order valence-corrected chi connectivity index (χ4v) is 6.56. The minimum Gasteiger partial charge on any atom is -0.478 e. The maximum Gasteiger partial charge on any atom is 0.331 e. The zero-order valence-electron chi connectivity index (χ0n) is 25.4. The number of rotatable bonds is 10. The third-order valence-electron chi connectivity index (χ3n) is 7.21. The molecule has 2 N–H and O–H groups in total. The first kappa shape index (κ1) is 35.0. The van der Waals surface area contributed by atoms with Gasteiger partial charge in [0.25, 0.3) is 0 Å². The number of carbonyl (C=O) groups excluding carboxylic acids is 1. The molecule has 0 spiro atoms. The van der Waals surface area contributed by atoms with Crippen LogP contribution in [-0.4, -0.2) is 42.2 Å². The average Bonchev–Trinajstić information content (AvgIpc) is 3.42. The first-order valence-corrected chi connectivity index (χ1v) is 16.0. The van der Waals surface area contributed by atoms with Crippen LogP contribution in [0, 0.1) is 11.6 Å². The summed E-state index contributed by atoms with van der Waals surface area (Å²) in [6.45, 7) is 6.17. The summed E-state index contributed by atoms with van der Waals surface area (Å²) in [5.41, 5.74) is -1.12. The second-order valence-electron chi connectivity index (χ2n) is 11.4. The Morgan fingerprint density at radius 1 is 1.00 bits per heavy atom. The molecule has 8 nitrogen and oxygen atoms in total. The van der Waals surface area contributed by atoms with Gasteiger partial charge in [-0.05, 0) is 75.2 Å². The van der Waals surface area contributed by atoms with E-state index in [0.29, 0.717) is 33.6 Å². The van der Waals surface area contributed by atoms with Gasteiger partial charge in [0.05, 0.1) is 27.6 Å². The molecule has 1 heterocycles. The van der Waals surface area contributed by atoms with E-state index in [9.17, 15) is 18.9 Å². The molecule has 0 fully saturated rings. The molecule has 0 amide bonds. The molecule has 4 rings (SSSR count). The normalized spacial score (nSPS) is 12.8. The summed E-state index contributed by atoms with van der Waals surface area (Å²) in [4.78, 5) is 27.1. The maximum atomic E-state index is 16.0. The van der Waals surface area contributed by atoms with Crippen molar-refractivity contribution in [2.75, 3.05) is 6.26 Å². The molecule has 242 valence electrons. The minimum atomic E-state index is -1.74. The van der Waals surface area contributed by atoms with Gasteiger partial charge in [-0.2, -0.15) is 0 Å². The highest BCUT2D eigenvalue weighted by Crippen LogP contribution is 2.42. The number of aromatic nitrogens is 2. The molecule has 0 aliphatic heterocycles. The number of imidazole rings is 1. The monoisotopic (exact) mass is 690 g/mol. The second-order valence-corrected chi connectivity index (χ2v) is 13.6. The van der Waals surface area contributed by atoms with Crippen molar-refractivity contribution in [3.63, 3.8) is 0 Å². The fourth-order valence-electron chi connectivity index (χ4n) is 4.89. The van der Waals surface area contributed by atoms with Crippen LogP contribution in [0.2, 0.25) is 10.0 Å². The molecular formula is C33H30Cl2F2N2O6S. The van der Waals surface area contributed by atoms with Crippen molar-refractivity contribution in [2.45, 2.75) is 50.2 Å². The third kappa shape index (κ3) is 7.39. The van der Waals surface area contributed by atoms with Crippen LogP contribution < -0.4 is 0 Å². The third-order valence-corrected chi connectivity index (χ3v) is 8.82. The van der Waals surface area contributed by atoms with E-state index in [1.807, 2.05) is 13.8 Å². The molecule has 0 radical (unpaired) electrons. The summed E-state index contributed by atoms with van der Waals surface area (Å²) in [7, 11) is -1.74. The Bertz CT molecular complexity index is 1880. The summed E-state index contributed by atoms with van der Waals surface area (Å²) < 4.78 is 50.3. The molecule has 0 aliphatic carbocycles. The van der Waals surface area contributed by atoms with Gasteiger partial charge in [-0.15, -0.1) is 0 Å². The first-order valence-electron chi connectivity index (χ1n) is 13.7. The smallest absolute Gasteiger partial charge is 0.331 e. The summed E-state index contributed by atoms with van der Waals surface area (Å²) in [5.74, 6) is -3.60. The minimum absolute atomic E-state index is 0.0135. The number of esters is 1. The van der Waals surface area contributed by atoms with Gasteiger partial charge in [0.1, 0.15) is 29.7 Å². The van der Waals surface area contributed by atoms with Gasteiger partial charge in [0.2, 0.25) is 0 Å². The predicted octanol–water partition coefficient (Wildman–Crippen LogP) is 7.10. The predicted molar refractivity (Wildman–Crippen MR) is 172 cm³/mol. The van der Waals surface area contributed by atoms with Crippen molar-refractivity contribution in [3.05, 3.63) is 111 Å². The number of aliphatic carboxylic acids is 1. The second kappa shape index (κ2) is 13.4. The Morgan fingerprint density at radius 2 is 1.63 bits per heavy atom. The summed E-state index contributed by atoms with van der Waals surface area (Å²) in [5, 5.41) is 20.2. The van der Waals surface area contributed by atoms with Crippen LogP contribution in [0.25, 0.3) is 16.8 Å². The highest BCUT2D eigenvalue weighted by Gasteiger charge is 2.36. The van der Waals surface area contributed by atoms with Crippen molar-refractivity contribution in [3.8, 4) is 16.8 Å². The molecule has 13 heteroatoms. The molecule has 0 saturated heterocycles. The van der Waals surface area contributed by atoms with Gasteiger partial charge >= 0.3 is 11.9 Å². The van der Waals surface area contributed by atoms with E-state index >= 15 is 8.78 Å². The lowest BCUT2D eigenvalue weighted by atomic mass is 9.83. The number of benzene rings is 3. The van der Waals surface area contributed by atoms with E-state index in [1.54, 1.807) is 38.1 Å².